The predicted octanol–water partition coefficient (Wildman–Crippen LogP) is 5.17. The van der Waals surface area contributed by atoms with E-state index < -0.39 is 17.2 Å². The van der Waals surface area contributed by atoms with Gasteiger partial charge in [-0.3, -0.25) is 0 Å². The molecule has 0 aliphatic carbocycles. The van der Waals surface area contributed by atoms with Gasteiger partial charge in [0.25, 0.3) is 0 Å². The number of rotatable bonds is 6. The van der Waals surface area contributed by atoms with Gasteiger partial charge in [-0.2, -0.15) is 5.26 Å². The first kappa shape index (κ1) is 19.2. The van der Waals surface area contributed by atoms with Crippen molar-refractivity contribution >= 4 is 0 Å². The van der Waals surface area contributed by atoms with E-state index in [1.54, 1.807) is 6.08 Å². The van der Waals surface area contributed by atoms with E-state index in [1.807, 2.05) is 24.3 Å². The van der Waals surface area contributed by atoms with Crippen LogP contribution in [0.25, 0.3) is 11.1 Å². The summed E-state index contributed by atoms with van der Waals surface area (Å²) in [6.45, 7) is 5.51. The van der Waals surface area contributed by atoms with Gasteiger partial charge in [0.1, 0.15) is 23.3 Å². The van der Waals surface area contributed by atoms with Crippen LogP contribution >= 0.6 is 0 Å². The fraction of sp³-hybridized carbons (Fsp3) is 0.318. The molecule has 2 unspecified atom stereocenters. The van der Waals surface area contributed by atoms with Crippen molar-refractivity contribution in [3.8, 4) is 17.2 Å². The fourth-order valence-electron chi connectivity index (χ4n) is 3.26. The van der Waals surface area contributed by atoms with Crippen LogP contribution in [0, 0.1) is 28.9 Å². The molecule has 0 spiro atoms. The highest BCUT2D eigenvalue weighted by atomic mass is 19.1. The molecule has 0 N–H and O–H groups in total. The first-order valence-electron chi connectivity index (χ1n) is 8.92. The molecule has 1 saturated heterocycles. The first-order valence-corrected chi connectivity index (χ1v) is 8.92. The van der Waals surface area contributed by atoms with E-state index in [0.29, 0.717) is 36.9 Å². The van der Waals surface area contributed by atoms with E-state index in [2.05, 4.69) is 6.58 Å². The number of ether oxygens (including phenoxy) is 2. The Balaban J connectivity index is 1.65. The molecule has 1 aliphatic heterocycles. The summed E-state index contributed by atoms with van der Waals surface area (Å²) in [4.78, 5) is 0. The van der Waals surface area contributed by atoms with Crippen LogP contribution in [0.15, 0.2) is 49.1 Å². The molecule has 27 heavy (non-hydrogen) atoms. The van der Waals surface area contributed by atoms with Crippen LogP contribution in [-0.4, -0.2) is 19.8 Å². The normalized spacial score (nSPS) is 19.4. The van der Waals surface area contributed by atoms with Crippen molar-refractivity contribution in [2.45, 2.75) is 18.9 Å². The van der Waals surface area contributed by atoms with Crippen LogP contribution < -0.4 is 0 Å². The second kappa shape index (κ2) is 8.90. The second-order valence-electron chi connectivity index (χ2n) is 6.64. The third kappa shape index (κ3) is 4.60. The minimum absolute atomic E-state index is 0.0177. The van der Waals surface area contributed by atoms with Gasteiger partial charge in [0.15, 0.2) is 0 Å². The minimum atomic E-state index is -0.850. The highest BCUT2D eigenvalue weighted by molar-refractivity contribution is 5.65. The number of nitrogens with zero attached hydrogens (tertiary/aromatic N) is 1. The number of benzene rings is 2. The van der Waals surface area contributed by atoms with Gasteiger partial charge >= 0.3 is 0 Å². The molecule has 3 nitrogen and oxygen atoms in total. The maximum Gasteiger partial charge on any atom is 0.144 e. The van der Waals surface area contributed by atoms with Gasteiger partial charge < -0.3 is 9.47 Å². The summed E-state index contributed by atoms with van der Waals surface area (Å²) in [6, 6.07) is 11.4. The first-order chi connectivity index (χ1) is 13.1. The summed E-state index contributed by atoms with van der Waals surface area (Å²) < 4.78 is 39.1. The Bertz CT molecular complexity index is 811. The molecule has 0 saturated carbocycles. The second-order valence-corrected chi connectivity index (χ2v) is 6.64. The molecule has 2 aromatic rings. The average molecular weight is 369 g/mol. The van der Waals surface area contributed by atoms with Crippen molar-refractivity contribution in [1.82, 2.24) is 0 Å². The van der Waals surface area contributed by atoms with Crippen molar-refractivity contribution in [1.29, 1.82) is 5.26 Å². The fourth-order valence-corrected chi connectivity index (χ4v) is 3.26. The maximum atomic E-state index is 13.8. The molecule has 2 atom stereocenters. The lowest BCUT2D eigenvalue weighted by atomic mass is 9.94. The molecule has 0 aromatic heterocycles. The lowest BCUT2D eigenvalue weighted by Crippen LogP contribution is -2.24. The van der Waals surface area contributed by atoms with Crippen LogP contribution in [0.2, 0.25) is 0 Å². The van der Waals surface area contributed by atoms with Crippen molar-refractivity contribution in [2.75, 3.05) is 19.8 Å². The van der Waals surface area contributed by atoms with E-state index in [1.165, 1.54) is 18.2 Å². The molecule has 0 radical (unpaired) electrons. The third-order valence-electron chi connectivity index (χ3n) is 4.73. The molecule has 1 heterocycles. The average Bonchev–Trinajstić information content (AvgIpc) is 2.69. The molecule has 0 amide bonds. The number of hydrogen-bond acceptors (Lipinski definition) is 3. The van der Waals surface area contributed by atoms with E-state index in [-0.39, 0.29) is 6.10 Å². The van der Waals surface area contributed by atoms with Crippen LogP contribution in [0.1, 0.15) is 30.1 Å². The van der Waals surface area contributed by atoms with Crippen molar-refractivity contribution in [2.24, 2.45) is 5.92 Å². The molecule has 5 heteroatoms. The number of nitriles is 1. The van der Waals surface area contributed by atoms with Crippen LogP contribution in [0.3, 0.4) is 0 Å². The third-order valence-corrected chi connectivity index (χ3v) is 4.73. The minimum Gasteiger partial charge on any atom is -0.377 e. The highest BCUT2D eigenvalue weighted by Crippen LogP contribution is 2.32. The van der Waals surface area contributed by atoms with E-state index in [0.717, 1.165) is 18.4 Å². The molecule has 1 aliphatic rings. The summed E-state index contributed by atoms with van der Waals surface area (Å²) in [6.07, 6.45) is 3.68. The van der Waals surface area contributed by atoms with E-state index >= 15 is 0 Å². The van der Waals surface area contributed by atoms with Gasteiger partial charge in [0.05, 0.1) is 25.9 Å². The number of hydrogen-bond donors (Lipinski definition) is 0. The van der Waals surface area contributed by atoms with Gasteiger partial charge in [-0.15, -0.1) is 6.58 Å². The smallest absolute Gasteiger partial charge is 0.144 e. The Labute approximate surface area is 157 Å². The summed E-state index contributed by atoms with van der Waals surface area (Å²) in [5.74, 6) is -1.31. The van der Waals surface area contributed by atoms with Gasteiger partial charge in [-0.1, -0.05) is 30.3 Å². The Morgan fingerprint density at radius 2 is 1.85 bits per heavy atom. The van der Waals surface area contributed by atoms with Crippen LogP contribution in [-0.2, 0) is 9.47 Å². The Kier molecular flexibility index (Phi) is 6.33. The lowest BCUT2D eigenvalue weighted by Gasteiger charge is -2.29. The zero-order chi connectivity index (χ0) is 19.2. The summed E-state index contributed by atoms with van der Waals surface area (Å²) in [5, 5.41) is 8.76. The molecule has 140 valence electrons. The largest absolute Gasteiger partial charge is 0.377 e. The zero-order valence-electron chi connectivity index (χ0n) is 15.0. The Morgan fingerprint density at radius 3 is 2.41 bits per heavy atom. The van der Waals surface area contributed by atoms with Gasteiger partial charge in [0.2, 0.25) is 0 Å². The Hall–Kier alpha value is -2.55. The lowest BCUT2D eigenvalue weighted by molar-refractivity contribution is -0.0405. The topological polar surface area (TPSA) is 42.2 Å². The van der Waals surface area contributed by atoms with E-state index in [4.69, 9.17) is 14.7 Å². The van der Waals surface area contributed by atoms with Gasteiger partial charge in [-0.25, -0.2) is 8.78 Å². The van der Waals surface area contributed by atoms with Crippen LogP contribution in [0.5, 0.6) is 0 Å². The van der Waals surface area contributed by atoms with Crippen molar-refractivity contribution < 1.29 is 18.3 Å². The highest BCUT2D eigenvalue weighted by Gasteiger charge is 2.23. The van der Waals surface area contributed by atoms with Gasteiger partial charge in [0, 0.05) is 5.92 Å². The monoisotopic (exact) mass is 369 g/mol. The molecule has 3 rings (SSSR count). The standard InChI is InChI=1S/C22H21F2NO2/c1-2-9-26-13-15-3-8-22(27-14-15)17-6-4-16(5-7-17)18-10-20(23)19(12-25)21(24)11-18/h2,4-7,10-11,15,22H,1,3,8-9,13-14H2. The zero-order valence-corrected chi connectivity index (χ0v) is 15.0. The van der Waals surface area contributed by atoms with E-state index in [9.17, 15) is 8.78 Å². The molecule has 2 aromatic carbocycles. The molecular weight excluding hydrogens is 348 g/mol. The summed E-state index contributed by atoms with van der Waals surface area (Å²) in [5.41, 5.74) is 1.57. The summed E-state index contributed by atoms with van der Waals surface area (Å²) >= 11 is 0. The molecule has 0 bridgehead atoms. The maximum absolute atomic E-state index is 13.8. The summed E-state index contributed by atoms with van der Waals surface area (Å²) in [7, 11) is 0. The number of halogens is 2. The quantitative estimate of drug-likeness (QED) is 0.521. The SMILES string of the molecule is C=CCOCC1CCC(c2ccc(-c3cc(F)c(C#N)c(F)c3)cc2)OC1. The van der Waals surface area contributed by atoms with Crippen molar-refractivity contribution in [3.05, 3.63) is 71.8 Å². The predicted molar refractivity (Wildman–Crippen MR) is 98.9 cm³/mol. The molecule has 1 fully saturated rings. The Morgan fingerprint density at radius 1 is 1.15 bits per heavy atom. The molecular formula is C22H21F2NO2. The van der Waals surface area contributed by atoms with Crippen LogP contribution in [0.4, 0.5) is 8.78 Å². The van der Waals surface area contributed by atoms with Gasteiger partial charge in [-0.05, 0) is 41.7 Å². The van der Waals surface area contributed by atoms with Crippen molar-refractivity contribution in [3.63, 3.8) is 0 Å².